The van der Waals surface area contributed by atoms with Crippen LogP contribution in [0.25, 0.3) is 0 Å². The zero-order chi connectivity index (χ0) is 19.2. The summed E-state index contributed by atoms with van der Waals surface area (Å²) in [6.07, 6.45) is 0. The number of carbonyl (C=O) groups excluding carboxylic acids is 3. The lowest BCUT2D eigenvalue weighted by Crippen LogP contribution is -2.40. The highest BCUT2D eigenvalue weighted by Gasteiger charge is 2.30. The molecule has 0 radical (unpaired) electrons. The van der Waals surface area contributed by atoms with Gasteiger partial charge in [0, 0.05) is 29.8 Å². The molecule has 0 heterocycles. The van der Waals surface area contributed by atoms with Crippen LogP contribution < -0.4 is 5.32 Å². The van der Waals surface area contributed by atoms with E-state index in [4.69, 9.17) is 0 Å². The van der Waals surface area contributed by atoms with E-state index in [1.165, 1.54) is 29.2 Å². The van der Waals surface area contributed by atoms with E-state index in [2.05, 4.69) is 5.32 Å². The van der Waals surface area contributed by atoms with Gasteiger partial charge in [-0.15, -0.1) is 0 Å². The molecule has 0 aliphatic carbocycles. The number of hydrogen-bond acceptors (Lipinski definition) is 4. The van der Waals surface area contributed by atoms with Gasteiger partial charge in [0.25, 0.3) is 5.91 Å². The maximum Gasteiger partial charge on any atom is 0.251 e. The van der Waals surface area contributed by atoms with E-state index in [0.717, 1.165) is 0 Å². The minimum atomic E-state index is -1.37. The number of nitrogens with one attached hydrogen (secondary N) is 1. The molecule has 1 N–H and O–H groups in total. The van der Waals surface area contributed by atoms with Gasteiger partial charge in [-0.3, -0.25) is 14.4 Å². The summed E-state index contributed by atoms with van der Waals surface area (Å²) in [5, 5.41) is 12.1. The van der Waals surface area contributed by atoms with Crippen LogP contribution in [0.2, 0.25) is 0 Å². The number of carbonyl (C=O) groups is 3. The van der Waals surface area contributed by atoms with Crippen LogP contribution in [0.5, 0.6) is 0 Å². The molecule has 0 saturated heterocycles. The lowest BCUT2D eigenvalue weighted by Gasteiger charge is -2.21. The second-order valence-corrected chi connectivity index (χ2v) is 6.72. The maximum atomic E-state index is 12.5. The second-order valence-electron chi connectivity index (χ2n) is 6.72. The third kappa shape index (κ3) is 5.42. The fraction of sp³-hybridized carbons (Fsp3) is 0.474. The van der Waals surface area contributed by atoms with Gasteiger partial charge in [-0.05, 0) is 46.8 Å². The van der Waals surface area contributed by atoms with E-state index in [1.54, 1.807) is 19.9 Å². The van der Waals surface area contributed by atoms with Crippen LogP contribution in [-0.4, -0.2) is 41.1 Å². The highest BCUT2D eigenvalue weighted by atomic mass is 16.2. The van der Waals surface area contributed by atoms with Crippen molar-refractivity contribution in [3.63, 3.8) is 0 Å². The van der Waals surface area contributed by atoms with E-state index < -0.39 is 17.6 Å². The van der Waals surface area contributed by atoms with E-state index in [0.29, 0.717) is 18.7 Å². The minimum absolute atomic E-state index is 0.236. The van der Waals surface area contributed by atoms with Crippen molar-refractivity contribution in [2.45, 2.75) is 40.2 Å². The van der Waals surface area contributed by atoms with Gasteiger partial charge >= 0.3 is 0 Å². The number of nitriles is 1. The van der Waals surface area contributed by atoms with E-state index in [1.807, 2.05) is 20.8 Å². The van der Waals surface area contributed by atoms with E-state index in [9.17, 15) is 19.6 Å². The van der Waals surface area contributed by atoms with E-state index in [-0.39, 0.29) is 17.0 Å². The molecular formula is C19H25N3O3. The van der Waals surface area contributed by atoms with Crippen LogP contribution in [0.4, 0.5) is 0 Å². The first kappa shape index (κ1) is 20.4. The Hall–Kier alpha value is -2.68. The molecule has 1 unspecified atom stereocenters. The lowest BCUT2D eigenvalue weighted by atomic mass is 9.96. The number of amides is 2. The van der Waals surface area contributed by atoms with E-state index >= 15 is 0 Å². The molecule has 1 aromatic carbocycles. The molecule has 1 aromatic rings. The number of nitrogens with zero attached hydrogens (tertiary/aromatic N) is 2. The molecule has 1 atom stereocenters. The van der Waals surface area contributed by atoms with Crippen LogP contribution in [-0.2, 0) is 4.79 Å². The largest absolute Gasteiger partial charge is 0.347 e. The molecule has 0 aliphatic heterocycles. The molecule has 25 heavy (non-hydrogen) atoms. The van der Waals surface area contributed by atoms with Crippen molar-refractivity contribution in [2.24, 2.45) is 5.92 Å². The normalized spacial score (nSPS) is 12.0. The number of Topliss-reactive ketones (excluding diaryl/α,β-unsaturated/α-hetero) is 1. The average molecular weight is 343 g/mol. The van der Waals surface area contributed by atoms with Crippen molar-refractivity contribution in [3.8, 4) is 6.07 Å². The smallest absolute Gasteiger partial charge is 0.251 e. The summed E-state index contributed by atoms with van der Waals surface area (Å²) in [6, 6.07) is 7.78. The molecular weight excluding hydrogens is 318 g/mol. The van der Waals surface area contributed by atoms with Gasteiger partial charge in [0.1, 0.15) is 0 Å². The van der Waals surface area contributed by atoms with Gasteiger partial charge in [0.15, 0.2) is 11.7 Å². The molecule has 0 aliphatic rings. The van der Waals surface area contributed by atoms with Crippen LogP contribution in [0.3, 0.4) is 0 Å². The average Bonchev–Trinajstić information content (AvgIpc) is 2.55. The second kappa shape index (κ2) is 8.43. The number of rotatable bonds is 6. The van der Waals surface area contributed by atoms with Crippen molar-refractivity contribution >= 4 is 17.6 Å². The Morgan fingerprint density at radius 2 is 1.56 bits per heavy atom. The number of benzene rings is 1. The summed E-state index contributed by atoms with van der Waals surface area (Å²) < 4.78 is 0. The van der Waals surface area contributed by atoms with Gasteiger partial charge in [0.05, 0.1) is 6.07 Å². The zero-order valence-electron chi connectivity index (χ0n) is 15.4. The summed E-state index contributed by atoms with van der Waals surface area (Å²) >= 11 is 0. The van der Waals surface area contributed by atoms with Crippen molar-refractivity contribution < 1.29 is 14.4 Å². The van der Waals surface area contributed by atoms with Crippen molar-refractivity contribution in [3.05, 3.63) is 35.4 Å². The summed E-state index contributed by atoms with van der Waals surface area (Å²) in [4.78, 5) is 38.3. The minimum Gasteiger partial charge on any atom is -0.347 e. The van der Waals surface area contributed by atoms with Crippen LogP contribution in [0, 0.1) is 17.2 Å². The first-order valence-electron chi connectivity index (χ1n) is 8.29. The predicted octanol–water partition coefficient (Wildman–Crippen LogP) is 2.41. The third-order valence-electron chi connectivity index (χ3n) is 3.63. The Bertz CT molecular complexity index is 677. The SMILES string of the molecule is CCN(CC)C(=O)C(C#N)C(=O)c1ccc(C(=O)NC(C)(C)C)cc1. The standard InChI is InChI=1S/C19H25N3O3/c1-6-22(7-2)18(25)15(12-20)16(23)13-8-10-14(11-9-13)17(24)21-19(3,4)5/h8-11,15H,6-7H2,1-5H3,(H,21,24). The van der Waals surface area contributed by atoms with Gasteiger partial charge in [0.2, 0.25) is 5.91 Å². The molecule has 6 nitrogen and oxygen atoms in total. The molecule has 0 aromatic heterocycles. The molecule has 134 valence electrons. The Balaban J connectivity index is 2.97. The summed E-state index contributed by atoms with van der Waals surface area (Å²) in [5.74, 6) is -2.66. The third-order valence-corrected chi connectivity index (χ3v) is 3.63. The Morgan fingerprint density at radius 1 is 1.08 bits per heavy atom. The molecule has 1 rings (SSSR count). The first-order valence-corrected chi connectivity index (χ1v) is 8.29. The predicted molar refractivity (Wildman–Crippen MR) is 95.0 cm³/mol. The number of hydrogen-bond donors (Lipinski definition) is 1. The Morgan fingerprint density at radius 3 is 1.96 bits per heavy atom. The topological polar surface area (TPSA) is 90.3 Å². The van der Waals surface area contributed by atoms with Crippen LogP contribution in [0.1, 0.15) is 55.3 Å². The van der Waals surface area contributed by atoms with Gasteiger partial charge < -0.3 is 10.2 Å². The lowest BCUT2D eigenvalue weighted by molar-refractivity contribution is -0.132. The Kier molecular flexibility index (Phi) is 6.86. The summed E-state index contributed by atoms with van der Waals surface area (Å²) in [5.41, 5.74) is 0.280. The molecule has 0 bridgehead atoms. The first-order chi connectivity index (χ1) is 11.6. The zero-order valence-corrected chi connectivity index (χ0v) is 15.4. The van der Waals surface area contributed by atoms with Gasteiger partial charge in [-0.2, -0.15) is 5.26 Å². The van der Waals surface area contributed by atoms with Crippen molar-refractivity contribution in [1.29, 1.82) is 5.26 Å². The van der Waals surface area contributed by atoms with Crippen LogP contribution >= 0.6 is 0 Å². The summed E-state index contributed by atoms with van der Waals surface area (Å²) in [6.45, 7) is 10.1. The molecule has 0 fully saturated rings. The molecule has 2 amide bonds. The number of ketones is 1. The molecule has 6 heteroatoms. The van der Waals surface area contributed by atoms with Crippen LogP contribution in [0.15, 0.2) is 24.3 Å². The summed E-state index contributed by atoms with van der Waals surface area (Å²) in [7, 11) is 0. The highest BCUT2D eigenvalue weighted by molar-refractivity contribution is 6.12. The fourth-order valence-corrected chi connectivity index (χ4v) is 2.31. The van der Waals surface area contributed by atoms with Crippen molar-refractivity contribution in [1.82, 2.24) is 10.2 Å². The van der Waals surface area contributed by atoms with Gasteiger partial charge in [-0.25, -0.2) is 0 Å². The fourth-order valence-electron chi connectivity index (χ4n) is 2.31. The quantitative estimate of drug-likeness (QED) is 0.634. The molecule has 0 spiro atoms. The highest BCUT2D eigenvalue weighted by Crippen LogP contribution is 2.14. The van der Waals surface area contributed by atoms with Gasteiger partial charge in [-0.1, -0.05) is 12.1 Å². The monoisotopic (exact) mass is 343 g/mol. The maximum absolute atomic E-state index is 12.5. The van der Waals surface area contributed by atoms with Crippen molar-refractivity contribution in [2.75, 3.05) is 13.1 Å². The molecule has 0 saturated carbocycles. The Labute approximate surface area is 148 Å².